The zero-order chi connectivity index (χ0) is 10.4. The summed E-state index contributed by atoms with van der Waals surface area (Å²) in [6, 6.07) is 7.85. The largest absolute Gasteiger partial charge is 0.326 e. The van der Waals surface area contributed by atoms with E-state index in [0.29, 0.717) is 5.96 Å². The Morgan fingerprint density at radius 1 is 1.44 bits per heavy atom. The number of nitrogens with one attached hydrogen (secondary N) is 1. The molecule has 0 bridgehead atoms. The summed E-state index contributed by atoms with van der Waals surface area (Å²) >= 11 is 0. The maximum absolute atomic E-state index is 11.5. The third kappa shape index (κ3) is 1.46. The van der Waals surface area contributed by atoms with Crippen molar-refractivity contribution in [2.45, 2.75) is 19.5 Å². The molecule has 1 amide bonds. The van der Waals surface area contributed by atoms with E-state index in [0.717, 1.165) is 12.2 Å². The average Bonchev–Trinajstić information content (AvgIpc) is 2.52. The van der Waals surface area contributed by atoms with E-state index in [1.807, 2.05) is 36.1 Å². The Bertz CT molecular complexity index is 472. The lowest BCUT2D eigenvalue weighted by Gasteiger charge is -2.25. The van der Waals surface area contributed by atoms with Gasteiger partial charge in [0.05, 0.1) is 5.69 Å². The second kappa shape index (κ2) is 3.79. The second-order valence-electron chi connectivity index (χ2n) is 3.86. The fraction of sp³-hybridized carbons (Fsp3) is 0.273. The van der Waals surface area contributed by atoms with Crippen LogP contribution in [-0.2, 0) is 11.3 Å². The zero-order valence-corrected chi connectivity index (χ0v) is 9.62. The first-order valence-corrected chi connectivity index (χ1v) is 5.00. The molecule has 0 aromatic heterocycles. The molecular weight excluding hydrogens is 226 g/mol. The fourth-order valence-electron chi connectivity index (χ4n) is 1.97. The lowest BCUT2D eigenvalue weighted by atomic mass is 10.1. The van der Waals surface area contributed by atoms with Gasteiger partial charge in [-0.25, -0.2) is 4.99 Å². The number of hydrogen-bond acceptors (Lipinski definition) is 3. The minimum atomic E-state index is -0.114. The van der Waals surface area contributed by atoms with Crippen molar-refractivity contribution in [2.75, 3.05) is 0 Å². The standard InChI is InChI=1S/C11H11N3O.ClH/c1-7-10(15)13-11-12-9-5-3-2-4-8(9)6-14(7)11;/h2-5,7H,6H2,1H3,(H,12,13,15);1H/t7-;/m0./s1. The van der Waals surface area contributed by atoms with E-state index in [1.54, 1.807) is 0 Å². The molecule has 3 rings (SSSR count). The normalized spacial score (nSPS) is 21.6. The minimum Gasteiger partial charge on any atom is -0.326 e. The molecule has 0 radical (unpaired) electrons. The Morgan fingerprint density at radius 3 is 3.00 bits per heavy atom. The monoisotopic (exact) mass is 237 g/mol. The van der Waals surface area contributed by atoms with E-state index in [-0.39, 0.29) is 24.4 Å². The molecule has 2 heterocycles. The molecule has 1 fully saturated rings. The van der Waals surface area contributed by atoms with Crippen molar-refractivity contribution in [1.29, 1.82) is 0 Å². The van der Waals surface area contributed by atoms with E-state index < -0.39 is 0 Å². The fourth-order valence-corrected chi connectivity index (χ4v) is 1.97. The molecule has 1 saturated heterocycles. The number of amides is 1. The van der Waals surface area contributed by atoms with Crippen LogP contribution < -0.4 is 5.32 Å². The molecule has 0 aliphatic carbocycles. The first-order chi connectivity index (χ1) is 7.25. The van der Waals surface area contributed by atoms with Crippen molar-refractivity contribution in [3.05, 3.63) is 29.8 Å². The molecule has 0 spiro atoms. The molecule has 0 unspecified atom stereocenters. The third-order valence-corrected chi connectivity index (χ3v) is 2.91. The van der Waals surface area contributed by atoms with Crippen LogP contribution in [0.4, 0.5) is 5.69 Å². The van der Waals surface area contributed by atoms with E-state index in [2.05, 4.69) is 10.3 Å². The van der Waals surface area contributed by atoms with Gasteiger partial charge in [0, 0.05) is 6.54 Å². The molecule has 16 heavy (non-hydrogen) atoms. The summed E-state index contributed by atoms with van der Waals surface area (Å²) in [5, 5.41) is 2.78. The molecule has 5 heteroatoms. The van der Waals surface area contributed by atoms with Gasteiger partial charge in [0.1, 0.15) is 6.04 Å². The number of benzene rings is 1. The minimum absolute atomic E-state index is 0. The van der Waals surface area contributed by atoms with Crippen LogP contribution in [-0.4, -0.2) is 22.8 Å². The van der Waals surface area contributed by atoms with Crippen LogP contribution in [0, 0.1) is 0 Å². The van der Waals surface area contributed by atoms with Gasteiger partial charge in [-0.05, 0) is 18.6 Å². The van der Waals surface area contributed by atoms with Crippen LogP contribution >= 0.6 is 12.4 Å². The Kier molecular flexibility index (Phi) is 2.59. The Labute approximate surface area is 99.8 Å². The van der Waals surface area contributed by atoms with E-state index >= 15 is 0 Å². The third-order valence-electron chi connectivity index (χ3n) is 2.91. The summed E-state index contributed by atoms with van der Waals surface area (Å²) in [7, 11) is 0. The number of aliphatic imine (C=N–C) groups is 1. The Hall–Kier alpha value is -1.55. The maximum Gasteiger partial charge on any atom is 0.249 e. The lowest BCUT2D eigenvalue weighted by molar-refractivity contribution is -0.121. The highest BCUT2D eigenvalue weighted by Crippen LogP contribution is 2.28. The first kappa shape index (κ1) is 11.0. The molecule has 2 aliphatic rings. The molecule has 2 aliphatic heterocycles. The van der Waals surface area contributed by atoms with Gasteiger partial charge in [-0.15, -0.1) is 12.4 Å². The number of rotatable bonds is 0. The number of para-hydroxylation sites is 1. The topological polar surface area (TPSA) is 44.7 Å². The molecule has 4 nitrogen and oxygen atoms in total. The summed E-state index contributed by atoms with van der Waals surface area (Å²) in [5.41, 5.74) is 2.13. The summed E-state index contributed by atoms with van der Waals surface area (Å²) < 4.78 is 0. The summed E-state index contributed by atoms with van der Waals surface area (Å²) in [6.45, 7) is 2.65. The van der Waals surface area contributed by atoms with Gasteiger partial charge >= 0.3 is 0 Å². The summed E-state index contributed by atoms with van der Waals surface area (Å²) in [6.07, 6.45) is 0. The predicted molar refractivity (Wildman–Crippen MR) is 63.9 cm³/mol. The Morgan fingerprint density at radius 2 is 2.19 bits per heavy atom. The van der Waals surface area contributed by atoms with Crippen molar-refractivity contribution < 1.29 is 4.79 Å². The summed E-state index contributed by atoms with van der Waals surface area (Å²) in [4.78, 5) is 17.9. The molecule has 0 saturated carbocycles. The molecule has 1 atom stereocenters. The van der Waals surface area contributed by atoms with Crippen LogP contribution in [0.3, 0.4) is 0 Å². The molecule has 1 aromatic rings. The summed E-state index contributed by atoms with van der Waals surface area (Å²) in [5.74, 6) is 0.716. The number of nitrogens with zero attached hydrogens (tertiary/aromatic N) is 2. The molecule has 1 N–H and O–H groups in total. The first-order valence-electron chi connectivity index (χ1n) is 5.00. The van der Waals surface area contributed by atoms with Crippen molar-refractivity contribution in [1.82, 2.24) is 10.2 Å². The van der Waals surface area contributed by atoms with Crippen molar-refractivity contribution >= 4 is 30.0 Å². The van der Waals surface area contributed by atoms with Crippen LogP contribution in [0.1, 0.15) is 12.5 Å². The highest BCUT2D eigenvalue weighted by Gasteiger charge is 2.35. The van der Waals surface area contributed by atoms with Crippen molar-refractivity contribution in [2.24, 2.45) is 4.99 Å². The van der Waals surface area contributed by atoms with Crippen LogP contribution in [0.25, 0.3) is 0 Å². The van der Waals surface area contributed by atoms with Crippen LogP contribution in [0.2, 0.25) is 0 Å². The smallest absolute Gasteiger partial charge is 0.249 e. The quantitative estimate of drug-likeness (QED) is 0.742. The van der Waals surface area contributed by atoms with Crippen LogP contribution in [0.5, 0.6) is 0 Å². The highest BCUT2D eigenvalue weighted by atomic mass is 35.5. The van der Waals surface area contributed by atoms with Crippen molar-refractivity contribution in [3.8, 4) is 0 Å². The second-order valence-corrected chi connectivity index (χ2v) is 3.86. The highest BCUT2D eigenvalue weighted by molar-refractivity contribution is 6.07. The van der Waals surface area contributed by atoms with E-state index in [4.69, 9.17) is 0 Å². The van der Waals surface area contributed by atoms with Gasteiger partial charge in [0.25, 0.3) is 0 Å². The number of carbonyl (C=O) groups is 1. The number of halogens is 1. The van der Waals surface area contributed by atoms with E-state index in [1.165, 1.54) is 5.56 Å². The van der Waals surface area contributed by atoms with Gasteiger partial charge in [0.2, 0.25) is 11.9 Å². The molecule has 1 aromatic carbocycles. The number of guanidine groups is 1. The van der Waals surface area contributed by atoms with Crippen molar-refractivity contribution in [3.63, 3.8) is 0 Å². The average molecular weight is 238 g/mol. The predicted octanol–water partition coefficient (Wildman–Crippen LogP) is 1.43. The SMILES string of the molecule is C[C@H]1C(=O)NC2=Nc3ccccc3CN21.Cl. The van der Waals surface area contributed by atoms with E-state index in [9.17, 15) is 4.79 Å². The van der Waals surface area contributed by atoms with Gasteiger partial charge in [-0.3, -0.25) is 10.1 Å². The van der Waals surface area contributed by atoms with Gasteiger partial charge in [-0.1, -0.05) is 18.2 Å². The van der Waals surface area contributed by atoms with Gasteiger partial charge in [-0.2, -0.15) is 0 Å². The molecular formula is C11H12ClN3O. The van der Waals surface area contributed by atoms with Gasteiger partial charge < -0.3 is 4.90 Å². The van der Waals surface area contributed by atoms with Crippen LogP contribution in [0.15, 0.2) is 29.3 Å². The van der Waals surface area contributed by atoms with Gasteiger partial charge in [0.15, 0.2) is 0 Å². The number of hydrogen-bond donors (Lipinski definition) is 1. The Balaban J connectivity index is 0.000000963. The lowest BCUT2D eigenvalue weighted by Crippen LogP contribution is -2.35. The molecule has 84 valence electrons. The maximum atomic E-state index is 11.5. The number of carbonyl (C=O) groups excluding carboxylic acids is 1. The zero-order valence-electron chi connectivity index (χ0n) is 8.80. The number of fused-ring (bicyclic) bond motifs is 2.